The van der Waals surface area contributed by atoms with Crippen molar-refractivity contribution >= 4 is 21.9 Å². The van der Waals surface area contributed by atoms with Gasteiger partial charge in [-0.25, -0.2) is 4.98 Å². The van der Waals surface area contributed by atoms with E-state index in [4.69, 9.17) is 4.74 Å². The number of nitrogens with one attached hydrogen (secondary N) is 2. The minimum atomic E-state index is -1.47. The Kier molecular flexibility index (Phi) is 4.94. The largest absolute Gasteiger partial charge is 0.394 e. The zero-order valence-electron chi connectivity index (χ0n) is 16.2. The molecule has 0 unspecified atom stereocenters. The van der Waals surface area contributed by atoms with Crippen LogP contribution in [0.1, 0.15) is 5.56 Å². The van der Waals surface area contributed by atoms with Gasteiger partial charge in [0.2, 0.25) is 0 Å². The molecule has 0 aliphatic carbocycles. The summed E-state index contributed by atoms with van der Waals surface area (Å²) >= 11 is 0. The average Bonchev–Trinajstić information content (AvgIpc) is 3.45. The van der Waals surface area contributed by atoms with Crippen molar-refractivity contribution in [1.82, 2.24) is 20.2 Å². The van der Waals surface area contributed by atoms with Crippen molar-refractivity contribution < 1.29 is 25.2 Å². The molecule has 4 aromatic rings. The van der Waals surface area contributed by atoms with E-state index in [2.05, 4.69) is 32.0 Å². The molecular weight excluding hydrogens is 400 g/mol. The zero-order valence-corrected chi connectivity index (χ0v) is 16.2. The highest BCUT2D eigenvalue weighted by atomic mass is 16.5. The number of rotatable bonds is 2. The van der Waals surface area contributed by atoms with Crippen molar-refractivity contribution in [2.45, 2.75) is 30.5 Å². The molecule has 6 N–H and O–H groups in total. The van der Waals surface area contributed by atoms with E-state index in [0.29, 0.717) is 5.56 Å². The number of fused-ring (bicyclic) bond motifs is 2. The monoisotopic (exact) mass is 420 g/mol. The Morgan fingerprint density at radius 1 is 1.03 bits per heavy atom. The first-order valence-corrected chi connectivity index (χ1v) is 9.78. The smallest absolute Gasteiger partial charge is 0.147 e. The quantitative estimate of drug-likeness (QED) is 0.256. The molecule has 5 atom stereocenters. The Bertz CT molecular complexity index is 1300. The van der Waals surface area contributed by atoms with Gasteiger partial charge in [-0.15, -0.1) is 0 Å². The van der Waals surface area contributed by atoms with Crippen LogP contribution in [0.2, 0.25) is 0 Å². The Balaban J connectivity index is 1.54. The summed E-state index contributed by atoms with van der Waals surface area (Å²) in [6.07, 6.45) is -3.02. The highest BCUT2D eigenvalue weighted by Crippen LogP contribution is 2.28. The lowest BCUT2D eigenvalue weighted by Crippen LogP contribution is -2.58. The average molecular weight is 420 g/mol. The minimum Gasteiger partial charge on any atom is -0.394 e. The van der Waals surface area contributed by atoms with Gasteiger partial charge in [-0.05, 0) is 35.4 Å². The third-order valence-corrected chi connectivity index (χ3v) is 5.54. The summed E-state index contributed by atoms with van der Waals surface area (Å²) in [6.45, 7) is -0.501. The molecule has 1 aliphatic heterocycles. The molecule has 1 fully saturated rings. The van der Waals surface area contributed by atoms with Crippen LogP contribution in [0.25, 0.3) is 33.1 Å². The SMILES string of the molecule is OC[C@H]1O[C@H](C#Cc2cc(-c3ccc4nc[nH]c4c3)cc3cn[nH]c23)[C@@H](O)[C@@H](O)[C@@H]1O. The molecule has 9 nitrogen and oxygen atoms in total. The maximum absolute atomic E-state index is 10.2. The summed E-state index contributed by atoms with van der Waals surface area (Å²) in [6, 6.07) is 9.79. The lowest BCUT2D eigenvalue weighted by atomic mass is 9.95. The van der Waals surface area contributed by atoms with Crippen LogP contribution in [-0.4, -0.2) is 77.7 Å². The summed E-state index contributed by atoms with van der Waals surface area (Å²) in [5.74, 6) is 5.82. The Labute approximate surface area is 176 Å². The second kappa shape index (κ2) is 7.77. The fraction of sp³-hybridized carbons (Fsp3) is 0.273. The highest BCUT2D eigenvalue weighted by molar-refractivity contribution is 5.91. The van der Waals surface area contributed by atoms with E-state index < -0.39 is 37.1 Å². The third-order valence-electron chi connectivity index (χ3n) is 5.54. The molecular formula is C22H20N4O5. The number of aliphatic hydroxyl groups excluding tert-OH is 4. The van der Waals surface area contributed by atoms with E-state index in [1.807, 2.05) is 30.3 Å². The predicted molar refractivity (Wildman–Crippen MR) is 112 cm³/mol. The van der Waals surface area contributed by atoms with Crippen LogP contribution in [0, 0.1) is 11.8 Å². The van der Waals surface area contributed by atoms with Crippen LogP contribution in [0.3, 0.4) is 0 Å². The molecule has 3 heterocycles. The lowest BCUT2D eigenvalue weighted by Gasteiger charge is -2.37. The number of hydrogen-bond acceptors (Lipinski definition) is 7. The fourth-order valence-corrected chi connectivity index (χ4v) is 3.81. The number of aromatic amines is 2. The standard InChI is InChI=1S/C22H20N4O5/c27-9-18-21(29)22(30)20(28)17(31-18)4-2-12-5-13(6-14-8-25-26-19(12)14)11-1-3-15-16(7-11)24-10-23-15/h1,3,5-8,10,17-18,20-22,27-30H,9H2,(H,23,24)(H,25,26)/t17-,18-,20-,21-,22-/m1/s1. The van der Waals surface area contributed by atoms with E-state index in [-0.39, 0.29) is 0 Å². The number of aliphatic hydroxyl groups is 4. The van der Waals surface area contributed by atoms with Crippen molar-refractivity contribution in [3.05, 3.63) is 48.4 Å². The Morgan fingerprint density at radius 3 is 2.74 bits per heavy atom. The van der Waals surface area contributed by atoms with Gasteiger partial charge in [-0.2, -0.15) is 5.10 Å². The number of benzene rings is 2. The molecule has 0 radical (unpaired) electrons. The van der Waals surface area contributed by atoms with Crippen LogP contribution >= 0.6 is 0 Å². The van der Waals surface area contributed by atoms with Crippen molar-refractivity contribution in [1.29, 1.82) is 0 Å². The minimum absolute atomic E-state index is 0.501. The van der Waals surface area contributed by atoms with Gasteiger partial charge in [-0.3, -0.25) is 5.10 Å². The van der Waals surface area contributed by atoms with Gasteiger partial charge in [0.25, 0.3) is 0 Å². The van der Waals surface area contributed by atoms with Gasteiger partial charge < -0.3 is 30.1 Å². The summed E-state index contributed by atoms with van der Waals surface area (Å²) in [7, 11) is 0. The van der Waals surface area contributed by atoms with E-state index in [0.717, 1.165) is 33.1 Å². The summed E-state index contributed by atoms with van der Waals surface area (Å²) < 4.78 is 5.48. The normalized spacial score (nSPS) is 26.1. The van der Waals surface area contributed by atoms with Crippen LogP contribution in [0.5, 0.6) is 0 Å². The number of H-pyrrole nitrogens is 2. The lowest BCUT2D eigenvalue weighted by molar-refractivity contribution is -0.214. The maximum Gasteiger partial charge on any atom is 0.147 e. The van der Waals surface area contributed by atoms with Gasteiger partial charge >= 0.3 is 0 Å². The Hall–Kier alpha value is -3.26. The second-order valence-electron chi connectivity index (χ2n) is 7.51. The first-order chi connectivity index (χ1) is 15.0. The summed E-state index contributed by atoms with van der Waals surface area (Å²) in [5.41, 5.74) is 5.03. The van der Waals surface area contributed by atoms with Crippen LogP contribution in [0.15, 0.2) is 42.9 Å². The first kappa shape index (κ1) is 19.7. The van der Waals surface area contributed by atoms with Gasteiger partial charge in [0.05, 0.1) is 41.2 Å². The zero-order chi connectivity index (χ0) is 21.5. The van der Waals surface area contributed by atoms with E-state index in [9.17, 15) is 20.4 Å². The second-order valence-corrected chi connectivity index (χ2v) is 7.51. The summed E-state index contributed by atoms with van der Waals surface area (Å²) in [4.78, 5) is 7.34. The molecule has 0 amide bonds. The van der Waals surface area contributed by atoms with Gasteiger partial charge in [-0.1, -0.05) is 17.9 Å². The van der Waals surface area contributed by atoms with Crippen molar-refractivity contribution in [3.8, 4) is 23.0 Å². The fourth-order valence-electron chi connectivity index (χ4n) is 3.81. The molecule has 158 valence electrons. The maximum atomic E-state index is 10.2. The molecule has 0 bridgehead atoms. The summed E-state index contributed by atoms with van der Waals surface area (Å²) in [5, 5.41) is 47.4. The molecule has 5 rings (SSSR count). The molecule has 9 heteroatoms. The van der Waals surface area contributed by atoms with E-state index in [1.165, 1.54) is 0 Å². The van der Waals surface area contributed by atoms with Crippen molar-refractivity contribution in [2.24, 2.45) is 0 Å². The van der Waals surface area contributed by atoms with Crippen molar-refractivity contribution in [3.63, 3.8) is 0 Å². The van der Waals surface area contributed by atoms with E-state index >= 15 is 0 Å². The van der Waals surface area contributed by atoms with Gasteiger partial charge in [0.1, 0.15) is 30.5 Å². The molecule has 0 saturated carbocycles. The molecule has 2 aromatic carbocycles. The number of ether oxygens (including phenoxy) is 1. The van der Waals surface area contributed by atoms with E-state index in [1.54, 1.807) is 12.5 Å². The van der Waals surface area contributed by atoms with Gasteiger partial charge in [0.15, 0.2) is 0 Å². The van der Waals surface area contributed by atoms with Crippen LogP contribution in [0.4, 0.5) is 0 Å². The third kappa shape index (κ3) is 3.46. The number of imidazole rings is 1. The number of aromatic nitrogens is 4. The van der Waals surface area contributed by atoms with Crippen molar-refractivity contribution in [2.75, 3.05) is 6.61 Å². The van der Waals surface area contributed by atoms with Gasteiger partial charge in [0, 0.05) is 5.39 Å². The predicted octanol–water partition coefficient (Wildman–Crippen LogP) is 0.300. The van der Waals surface area contributed by atoms with Crippen LogP contribution in [-0.2, 0) is 4.74 Å². The molecule has 1 saturated heterocycles. The Morgan fingerprint density at radius 2 is 1.90 bits per heavy atom. The number of hydrogen-bond donors (Lipinski definition) is 6. The van der Waals surface area contributed by atoms with Crippen LogP contribution < -0.4 is 0 Å². The molecule has 0 spiro atoms. The topological polar surface area (TPSA) is 148 Å². The molecule has 2 aromatic heterocycles. The first-order valence-electron chi connectivity index (χ1n) is 9.78. The number of nitrogens with zero attached hydrogens (tertiary/aromatic N) is 2. The molecule has 1 aliphatic rings. The molecule has 31 heavy (non-hydrogen) atoms. The highest BCUT2D eigenvalue weighted by Gasteiger charge is 2.42.